The van der Waals surface area contributed by atoms with Gasteiger partial charge >= 0.3 is 5.97 Å². The summed E-state index contributed by atoms with van der Waals surface area (Å²) in [6.45, 7) is 5.91. The van der Waals surface area contributed by atoms with Crippen molar-refractivity contribution in [3.05, 3.63) is 81.5 Å². The molecule has 4 rings (SSSR count). The van der Waals surface area contributed by atoms with Crippen LogP contribution in [0.3, 0.4) is 0 Å². The SMILES string of the molecule is CC(C)(C)OC(=O)/C=C1\O[C@H](c2cccc(Cl)c2)[C@@H](c2ccc(Cl)cc2)N(CC2CC2)C1=O. The van der Waals surface area contributed by atoms with Crippen LogP contribution in [0.25, 0.3) is 0 Å². The Labute approximate surface area is 204 Å². The van der Waals surface area contributed by atoms with Gasteiger partial charge in [0.05, 0.1) is 12.1 Å². The Morgan fingerprint density at radius 2 is 1.79 bits per heavy atom. The normalized spacial score (nSPS) is 22.3. The van der Waals surface area contributed by atoms with Crippen LogP contribution in [0.5, 0.6) is 0 Å². The molecule has 0 bridgehead atoms. The number of amides is 1. The Balaban J connectivity index is 1.78. The van der Waals surface area contributed by atoms with Crippen molar-refractivity contribution < 1.29 is 19.1 Å². The standard InChI is InChI=1S/C26H27Cl2NO4/c1-26(2,3)33-22(30)14-21-25(31)29(15-16-7-8-16)23(17-9-11-19(27)12-10-17)24(32-21)18-5-4-6-20(28)13-18/h4-6,9-14,16,23-24H,7-8,15H2,1-3H3/b21-14-/t23-,24-/m1/s1. The first-order valence-corrected chi connectivity index (χ1v) is 11.8. The minimum Gasteiger partial charge on any atom is -0.477 e. The fraction of sp³-hybridized carbons (Fsp3) is 0.385. The zero-order chi connectivity index (χ0) is 23.8. The van der Waals surface area contributed by atoms with E-state index in [4.69, 9.17) is 32.7 Å². The molecule has 1 saturated carbocycles. The lowest BCUT2D eigenvalue weighted by Gasteiger charge is -2.42. The fourth-order valence-corrected chi connectivity index (χ4v) is 4.27. The molecule has 1 aliphatic carbocycles. The minimum absolute atomic E-state index is 0.0277. The minimum atomic E-state index is -0.683. The van der Waals surface area contributed by atoms with Crippen LogP contribution in [0.15, 0.2) is 60.4 Å². The number of halogens is 2. The maximum atomic E-state index is 13.6. The lowest BCUT2D eigenvalue weighted by molar-refractivity contribution is -0.153. The summed E-state index contributed by atoms with van der Waals surface area (Å²) in [5.74, 6) is -0.539. The molecule has 2 atom stereocenters. The fourth-order valence-electron chi connectivity index (χ4n) is 3.94. The summed E-state index contributed by atoms with van der Waals surface area (Å²) < 4.78 is 11.6. The van der Waals surface area contributed by atoms with Gasteiger partial charge in [-0.1, -0.05) is 47.5 Å². The maximum Gasteiger partial charge on any atom is 0.335 e. The molecule has 2 aromatic rings. The Hall–Kier alpha value is -2.50. The molecule has 2 fully saturated rings. The molecule has 1 heterocycles. The number of hydrogen-bond acceptors (Lipinski definition) is 4. The van der Waals surface area contributed by atoms with Gasteiger partial charge in [-0.2, -0.15) is 0 Å². The van der Waals surface area contributed by atoms with Crippen LogP contribution >= 0.6 is 23.2 Å². The number of ether oxygens (including phenoxy) is 2. The average Bonchev–Trinajstić information content (AvgIpc) is 3.54. The van der Waals surface area contributed by atoms with Crippen LogP contribution in [-0.4, -0.2) is 28.9 Å². The number of benzene rings is 2. The Morgan fingerprint density at radius 3 is 2.39 bits per heavy atom. The molecule has 2 aliphatic rings. The zero-order valence-electron chi connectivity index (χ0n) is 18.9. The van der Waals surface area contributed by atoms with Crippen molar-refractivity contribution in [2.45, 2.75) is 51.4 Å². The van der Waals surface area contributed by atoms with Gasteiger partial charge in [0, 0.05) is 16.6 Å². The van der Waals surface area contributed by atoms with E-state index in [1.54, 1.807) is 39.0 Å². The molecule has 0 radical (unpaired) electrons. The number of rotatable bonds is 5. The number of esters is 1. The first-order valence-electron chi connectivity index (χ1n) is 11.0. The summed E-state index contributed by atoms with van der Waals surface area (Å²) in [6.07, 6.45) is 2.74. The monoisotopic (exact) mass is 487 g/mol. The van der Waals surface area contributed by atoms with E-state index >= 15 is 0 Å². The van der Waals surface area contributed by atoms with Crippen molar-refractivity contribution in [1.82, 2.24) is 4.90 Å². The van der Waals surface area contributed by atoms with Crippen LogP contribution in [0.4, 0.5) is 0 Å². The van der Waals surface area contributed by atoms with Crippen molar-refractivity contribution in [2.75, 3.05) is 6.54 Å². The van der Waals surface area contributed by atoms with Crippen LogP contribution in [0, 0.1) is 5.92 Å². The largest absolute Gasteiger partial charge is 0.477 e. The molecule has 0 spiro atoms. The lowest BCUT2D eigenvalue weighted by Crippen LogP contribution is -2.45. The van der Waals surface area contributed by atoms with Gasteiger partial charge in [0.1, 0.15) is 11.7 Å². The summed E-state index contributed by atoms with van der Waals surface area (Å²) in [4.78, 5) is 27.9. The summed E-state index contributed by atoms with van der Waals surface area (Å²) in [7, 11) is 0. The van der Waals surface area contributed by atoms with Crippen LogP contribution in [-0.2, 0) is 19.1 Å². The van der Waals surface area contributed by atoms with Gasteiger partial charge in [-0.15, -0.1) is 0 Å². The molecule has 0 aromatic heterocycles. The molecule has 0 N–H and O–H groups in total. The van der Waals surface area contributed by atoms with E-state index in [1.807, 2.05) is 35.2 Å². The van der Waals surface area contributed by atoms with E-state index in [-0.39, 0.29) is 11.7 Å². The summed E-state index contributed by atoms with van der Waals surface area (Å²) >= 11 is 12.4. The van der Waals surface area contributed by atoms with Crippen molar-refractivity contribution in [3.8, 4) is 0 Å². The average molecular weight is 488 g/mol. The van der Waals surface area contributed by atoms with E-state index < -0.39 is 23.7 Å². The van der Waals surface area contributed by atoms with Gasteiger partial charge in [-0.25, -0.2) is 4.79 Å². The van der Waals surface area contributed by atoms with E-state index in [0.29, 0.717) is 22.5 Å². The molecular weight excluding hydrogens is 461 g/mol. The Bertz CT molecular complexity index is 1070. The molecule has 33 heavy (non-hydrogen) atoms. The van der Waals surface area contributed by atoms with Crippen LogP contribution in [0.2, 0.25) is 10.0 Å². The smallest absolute Gasteiger partial charge is 0.335 e. The van der Waals surface area contributed by atoms with Gasteiger partial charge in [-0.3, -0.25) is 4.79 Å². The van der Waals surface area contributed by atoms with Crippen LogP contribution < -0.4 is 0 Å². The quantitative estimate of drug-likeness (QED) is 0.368. The van der Waals surface area contributed by atoms with E-state index in [2.05, 4.69) is 0 Å². The van der Waals surface area contributed by atoms with Crippen molar-refractivity contribution in [3.63, 3.8) is 0 Å². The molecular formula is C26H27Cl2NO4. The lowest BCUT2D eigenvalue weighted by atomic mass is 9.92. The number of morpholine rings is 1. The number of carbonyl (C=O) groups excluding carboxylic acids is 2. The van der Waals surface area contributed by atoms with E-state index in [1.165, 1.54) is 0 Å². The van der Waals surface area contributed by atoms with Crippen LogP contribution in [0.1, 0.15) is 56.9 Å². The third kappa shape index (κ3) is 5.90. The number of nitrogens with zero attached hydrogens (tertiary/aromatic N) is 1. The molecule has 5 nitrogen and oxygen atoms in total. The Morgan fingerprint density at radius 1 is 1.09 bits per heavy atom. The topological polar surface area (TPSA) is 55.8 Å². The third-order valence-electron chi connectivity index (χ3n) is 5.54. The van der Waals surface area contributed by atoms with Gasteiger partial charge in [0.2, 0.25) is 0 Å². The number of carbonyl (C=O) groups is 2. The van der Waals surface area contributed by atoms with Gasteiger partial charge in [0.25, 0.3) is 5.91 Å². The number of hydrogen-bond donors (Lipinski definition) is 0. The highest BCUT2D eigenvalue weighted by molar-refractivity contribution is 6.30. The molecule has 1 saturated heterocycles. The Kier molecular flexibility index (Phi) is 6.73. The highest BCUT2D eigenvalue weighted by Gasteiger charge is 2.44. The molecule has 1 aliphatic heterocycles. The molecule has 1 amide bonds. The van der Waals surface area contributed by atoms with Crippen molar-refractivity contribution in [1.29, 1.82) is 0 Å². The molecule has 174 valence electrons. The van der Waals surface area contributed by atoms with Gasteiger partial charge in [-0.05, 0) is 74.9 Å². The highest BCUT2D eigenvalue weighted by Crippen LogP contribution is 2.45. The molecule has 2 aromatic carbocycles. The van der Waals surface area contributed by atoms with E-state index in [9.17, 15) is 9.59 Å². The second-order valence-electron chi connectivity index (χ2n) is 9.53. The molecule has 7 heteroatoms. The molecule has 0 unspecified atom stereocenters. The predicted molar refractivity (Wildman–Crippen MR) is 128 cm³/mol. The summed E-state index contributed by atoms with van der Waals surface area (Å²) in [6, 6.07) is 14.4. The predicted octanol–water partition coefficient (Wildman–Crippen LogP) is 6.27. The van der Waals surface area contributed by atoms with Crippen molar-refractivity contribution >= 4 is 35.1 Å². The maximum absolute atomic E-state index is 13.6. The summed E-state index contributed by atoms with van der Waals surface area (Å²) in [5, 5.41) is 1.18. The second-order valence-corrected chi connectivity index (χ2v) is 10.4. The summed E-state index contributed by atoms with van der Waals surface area (Å²) in [5.41, 5.74) is 1.03. The van der Waals surface area contributed by atoms with Crippen molar-refractivity contribution in [2.24, 2.45) is 5.92 Å². The van der Waals surface area contributed by atoms with Gasteiger partial charge in [0.15, 0.2) is 5.76 Å². The zero-order valence-corrected chi connectivity index (χ0v) is 20.4. The van der Waals surface area contributed by atoms with Gasteiger partial charge < -0.3 is 14.4 Å². The highest BCUT2D eigenvalue weighted by atomic mass is 35.5. The second kappa shape index (κ2) is 9.40. The first-order chi connectivity index (χ1) is 15.6. The third-order valence-corrected chi connectivity index (χ3v) is 6.03. The first kappa shape index (κ1) is 23.7. The van der Waals surface area contributed by atoms with E-state index in [0.717, 1.165) is 30.0 Å².